The lowest BCUT2D eigenvalue weighted by molar-refractivity contribution is -0.508. The van der Waals surface area contributed by atoms with E-state index in [-0.39, 0.29) is 53.3 Å². The lowest BCUT2D eigenvalue weighted by atomic mass is 9.82. The molecule has 4 saturated carbocycles. The van der Waals surface area contributed by atoms with Gasteiger partial charge in [-0.25, -0.2) is 4.99 Å². The second kappa shape index (κ2) is 11.6. The van der Waals surface area contributed by atoms with Crippen LogP contribution in [0.3, 0.4) is 0 Å². The van der Waals surface area contributed by atoms with Crippen molar-refractivity contribution >= 4 is 23.6 Å². The number of ether oxygens (including phenoxy) is 2. The molecule has 0 heterocycles. The number of hydrogen-bond acceptors (Lipinski definition) is 6. The largest absolute Gasteiger partial charge is 0.466 e. The van der Waals surface area contributed by atoms with Gasteiger partial charge >= 0.3 is 11.9 Å². The number of nitrogens with two attached hydrogens (primary N) is 1. The molecule has 0 aromatic carbocycles. The molecule has 2 bridgehead atoms. The van der Waals surface area contributed by atoms with Crippen LogP contribution in [-0.2, 0) is 23.9 Å². The van der Waals surface area contributed by atoms with E-state index >= 15 is 0 Å². The third kappa shape index (κ3) is 5.72. The number of hydrogen-bond donors (Lipinski definition) is 3. The van der Waals surface area contributed by atoms with Gasteiger partial charge < -0.3 is 20.5 Å². The Kier molecular flexibility index (Phi) is 8.50. The summed E-state index contributed by atoms with van der Waals surface area (Å²) in [5, 5.41) is 3.11. The summed E-state index contributed by atoms with van der Waals surface area (Å²) in [6, 6.07) is 0.126. The third-order valence-corrected chi connectivity index (χ3v) is 8.50. The van der Waals surface area contributed by atoms with Crippen molar-refractivity contribution in [2.24, 2.45) is 29.4 Å². The van der Waals surface area contributed by atoms with Crippen molar-refractivity contribution < 1.29 is 28.8 Å². The van der Waals surface area contributed by atoms with Gasteiger partial charge in [0.2, 0.25) is 0 Å². The summed E-state index contributed by atoms with van der Waals surface area (Å²) in [6.45, 7) is 4.28. The average Bonchev–Trinajstić information content (AvgIpc) is 3.46. The minimum absolute atomic E-state index is 0.155. The summed E-state index contributed by atoms with van der Waals surface area (Å²) in [4.78, 5) is 42.3. The van der Waals surface area contributed by atoms with Gasteiger partial charge in [-0.3, -0.25) is 14.4 Å². The zero-order valence-corrected chi connectivity index (χ0v) is 21.3. The van der Waals surface area contributed by atoms with Crippen LogP contribution >= 0.6 is 0 Å². The molecule has 8 heteroatoms. The van der Waals surface area contributed by atoms with Gasteiger partial charge in [-0.2, -0.15) is 0 Å². The van der Waals surface area contributed by atoms with Crippen molar-refractivity contribution in [3.8, 4) is 0 Å². The Balaban J connectivity index is 1.56. The number of amides is 1. The van der Waals surface area contributed by atoms with E-state index in [9.17, 15) is 14.4 Å². The van der Waals surface area contributed by atoms with Crippen molar-refractivity contribution in [3.63, 3.8) is 0 Å². The Bertz CT molecular complexity index is 876. The molecule has 4 fully saturated rings. The van der Waals surface area contributed by atoms with Gasteiger partial charge in [0.15, 0.2) is 11.8 Å². The second-order valence-electron chi connectivity index (χ2n) is 10.7. The van der Waals surface area contributed by atoms with Crippen molar-refractivity contribution in [2.75, 3.05) is 13.2 Å². The molecule has 8 nitrogen and oxygen atoms in total. The lowest BCUT2D eigenvalue weighted by Gasteiger charge is -2.30. The summed E-state index contributed by atoms with van der Waals surface area (Å²) in [5.41, 5.74) is 8.39. The van der Waals surface area contributed by atoms with Crippen LogP contribution in [0, 0.1) is 23.7 Å². The zero-order chi connectivity index (χ0) is 24.9. The standard InChI is InChI=1S/C27H41N3O5/c1-3-34-26(32)18-12-13-21(29-19-8-6-5-7-9-19)20(15-18)23(28)25(31)30-24-17-11-10-16(14-17)22(24)27(33)35-4-2/h16-19,22,24H,3-15,28H2,1-2H3,(H,30,31)/p+1. The highest BCUT2D eigenvalue weighted by atomic mass is 16.5. The maximum atomic E-state index is 13.4. The van der Waals surface area contributed by atoms with E-state index < -0.39 is 0 Å². The van der Waals surface area contributed by atoms with Gasteiger partial charge in [0.05, 0.1) is 25.0 Å². The molecule has 0 spiro atoms. The van der Waals surface area contributed by atoms with Crippen molar-refractivity contribution in [1.29, 1.82) is 0 Å². The first kappa shape index (κ1) is 25.7. The Hall–Kier alpha value is -2.38. The summed E-state index contributed by atoms with van der Waals surface area (Å²) in [7, 11) is 0. The van der Waals surface area contributed by atoms with Gasteiger partial charge in [-0.15, -0.1) is 0 Å². The van der Waals surface area contributed by atoms with E-state index in [4.69, 9.17) is 15.2 Å². The van der Waals surface area contributed by atoms with Crippen LogP contribution in [0.5, 0.6) is 0 Å². The number of allylic oxidation sites excluding steroid dienone is 1. The molecule has 4 aliphatic rings. The highest BCUT2D eigenvalue weighted by molar-refractivity contribution is 6.06. The molecule has 4 aliphatic carbocycles. The van der Waals surface area contributed by atoms with Crippen LogP contribution in [0.1, 0.15) is 84.5 Å². The van der Waals surface area contributed by atoms with Gasteiger partial charge in [0.1, 0.15) is 5.70 Å². The molecule has 1 amide bonds. The first-order valence-electron chi connectivity index (χ1n) is 13.7. The number of rotatable bonds is 7. The fraction of sp³-hybridized carbons (Fsp3) is 0.778. The van der Waals surface area contributed by atoms with Crippen molar-refractivity contribution in [3.05, 3.63) is 11.3 Å². The van der Waals surface area contributed by atoms with E-state index in [1.54, 1.807) is 13.8 Å². The molecular weight excluding hydrogens is 446 g/mol. The summed E-state index contributed by atoms with van der Waals surface area (Å²) in [5.74, 6) is -0.872. The first-order chi connectivity index (χ1) is 16.9. The summed E-state index contributed by atoms with van der Waals surface area (Å²) >= 11 is 0. The molecule has 5 atom stereocenters. The van der Waals surface area contributed by atoms with Crippen molar-refractivity contribution in [1.82, 2.24) is 5.32 Å². The minimum Gasteiger partial charge on any atom is -0.466 e. The van der Waals surface area contributed by atoms with E-state index in [1.165, 1.54) is 19.3 Å². The predicted octanol–water partition coefficient (Wildman–Crippen LogP) is 1.51. The second-order valence-corrected chi connectivity index (χ2v) is 10.7. The van der Waals surface area contributed by atoms with Crippen LogP contribution in [0.25, 0.3) is 0 Å². The monoisotopic (exact) mass is 488 g/mol. The minimum atomic E-state index is -0.348. The molecule has 5 unspecified atom stereocenters. The smallest absolute Gasteiger partial charge is 0.311 e. The number of esters is 2. The summed E-state index contributed by atoms with van der Waals surface area (Å²) in [6.07, 6.45) is 10.6. The molecule has 0 radical (unpaired) electrons. The Morgan fingerprint density at radius 1 is 0.943 bits per heavy atom. The normalized spacial score (nSPS) is 33.4. The fourth-order valence-corrected chi connectivity index (χ4v) is 6.77. The average molecular weight is 489 g/mol. The number of carbonyl (C=O) groups is 3. The van der Waals surface area contributed by atoms with Crippen molar-refractivity contribution in [2.45, 2.75) is 96.6 Å². The Morgan fingerprint density at radius 3 is 2.34 bits per heavy atom. The van der Waals surface area contributed by atoms with E-state index in [2.05, 4.69) is 10.3 Å². The van der Waals surface area contributed by atoms with Crippen LogP contribution in [0.4, 0.5) is 0 Å². The highest BCUT2D eigenvalue weighted by Crippen LogP contribution is 2.49. The highest BCUT2D eigenvalue weighted by Gasteiger charge is 2.52. The number of carbonyl (C=O) groups excluding carboxylic acids is 3. The quantitative estimate of drug-likeness (QED) is 0.369. The van der Waals surface area contributed by atoms with Gasteiger partial charge in [-0.1, -0.05) is 6.42 Å². The molecule has 194 valence electrons. The maximum Gasteiger partial charge on any atom is 0.311 e. The van der Waals surface area contributed by atoms with Crippen LogP contribution in [0.15, 0.2) is 11.3 Å². The van der Waals surface area contributed by atoms with E-state index in [1.807, 2.05) is 0 Å². The SMILES string of the molecule is CCOC(=O)C1CCC(=[NH+]C2CCCCC2)C(=C(N)C(=O)NC2C3CCC(C3)C2C(=O)OCC)C1. The molecule has 0 aliphatic heterocycles. The Morgan fingerprint density at radius 2 is 1.63 bits per heavy atom. The molecule has 0 aromatic rings. The molecule has 35 heavy (non-hydrogen) atoms. The number of fused-ring (bicyclic) bond motifs is 2. The van der Waals surface area contributed by atoms with Gasteiger partial charge in [0.25, 0.3) is 5.91 Å². The van der Waals surface area contributed by atoms with Crippen LogP contribution < -0.4 is 16.0 Å². The number of nitrogens with one attached hydrogen (secondary N) is 2. The fourth-order valence-electron chi connectivity index (χ4n) is 6.77. The molecule has 0 saturated heterocycles. The van der Waals surface area contributed by atoms with Gasteiger partial charge in [0, 0.05) is 30.9 Å². The Labute approximate surface area is 208 Å². The van der Waals surface area contributed by atoms with E-state index in [0.29, 0.717) is 38.5 Å². The molecule has 4 rings (SSSR count). The van der Waals surface area contributed by atoms with Crippen LogP contribution in [-0.4, -0.2) is 48.9 Å². The molecule has 0 aromatic heterocycles. The van der Waals surface area contributed by atoms with Crippen LogP contribution in [0.2, 0.25) is 0 Å². The lowest BCUT2D eigenvalue weighted by Crippen LogP contribution is -2.80. The topological polar surface area (TPSA) is 122 Å². The van der Waals surface area contributed by atoms with E-state index in [0.717, 1.165) is 43.4 Å². The van der Waals surface area contributed by atoms with Gasteiger partial charge in [-0.05, 0) is 70.6 Å². The third-order valence-electron chi connectivity index (χ3n) is 8.50. The summed E-state index contributed by atoms with van der Waals surface area (Å²) < 4.78 is 10.6. The molecular formula is C27H42N3O5+. The predicted molar refractivity (Wildman–Crippen MR) is 131 cm³/mol. The maximum absolute atomic E-state index is 13.4. The molecule has 4 N–H and O–H groups in total. The first-order valence-corrected chi connectivity index (χ1v) is 13.7. The zero-order valence-electron chi connectivity index (χ0n) is 21.3.